The Kier molecular flexibility index (Phi) is 3.12. The molecule has 0 aliphatic heterocycles. The summed E-state index contributed by atoms with van der Waals surface area (Å²) in [6.07, 6.45) is 0. The van der Waals surface area contributed by atoms with Crippen LogP contribution in [0.5, 0.6) is 0 Å². The van der Waals surface area contributed by atoms with Crippen LogP contribution in [0.3, 0.4) is 0 Å². The first kappa shape index (κ1) is 9.36. The van der Waals surface area contributed by atoms with Gasteiger partial charge in [0, 0.05) is 12.2 Å². The summed E-state index contributed by atoms with van der Waals surface area (Å²) in [5.74, 6) is 0. The number of nitrogens with zero attached hydrogens (tertiary/aromatic N) is 1. The highest BCUT2D eigenvalue weighted by molar-refractivity contribution is 5.71. The summed E-state index contributed by atoms with van der Waals surface area (Å²) in [5, 5.41) is 11.5. The normalized spacial score (nSPS) is 9.23. The van der Waals surface area contributed by atoms with Gasteiger partial charge in [-0.2, -0.15) is 0 Å². The molecule has 0 unspecified atom stereocenters. The molecule has 0 spiro atoms. The summed E-state index contributed by atoms with van der Waals surface area (Å²) in [7, 11) is 0. The van der Waals surface area contributed by atoms with Crippen LogP contribution < -0.4 is 11.1 Å². The van der Waals surface area contributed by atoms with Crippen LogP contribution in [0.25, 0.3) is 4.85 Å². The molecule has 0 heterocycles. The van der Waals surface area contributed by atoms with Crippen molar-refractivity contribution in [1.29, 1.82) is 0 Å². The molecule has 0 saturated heterocycles. The van der Waals surface area contributed by atoms with Gasteiger partial charge in [-0.3, -0.25) is 0 Å². The second-order valence-electron chi connectivity index (χ2n) is 2.53. The zero-order chi connectivity index (χ0) is 9.68. The predicted octanol–water partition coefficient (Wildman–Crippen LogP) is 1.22. The first-order valence-corrected chi connectivity index (χ1v) is 3.89. The number of hydrogen-bond acceptors (Lipinski definition) is 3. The van der Waals surface area contributed by atoms with E-state index in [1.165, 1.54) is 0 Å². The minimum atomic E-state index is 0.0595. The van der Waals surface area contributed by atoms with E-state index in [0.717, 1.165) is 5.69 Å². The van der Waals surface area contributed by atoms with Gasteiger partial charge in [-0.05, 0) is 12.1 Å². The minimum Gasteiger partial charge on any atom is -0.398 e. The van der Waals surface area contributed by atoms with Gasteiger partial charge < -0.3 is 16.2 Å². The van der Waals surface area contributed by atoms with Crippen LogP contribution in [0, 0.1) is 6.57 Å². The average Bonchev–Trinajstić information content (AvgIpc) is 2.16. The van der Waals surface area contributed by atoms with Crippen molar-refractivity contribution in [2.75, 3.05) is 24.2 Å². The van der Waals surface area contributed by atoms with E-state index in [1.54, 1.807) is 18.2 Å². The Labute approximate surface area is 76.8 Å². The molecule has 0 radical (unpaired) electrons. The van der Waals surface area contributed by atoms with Crippen molar-refractivity contribution < 1.29 is 5.11 Å². The van der Waals surface area contributed by atoms with Crippen molar-refractivity contribution >= 4 is 17.1 Å². The maximum atomic E-state index is 8.57. The van der Waals surface area contributed by atoms with Crippen LogP contribution in [-0.4, -0.2) is 18.3 Å². The molecule has 4 heteroatoms. The lowest BCUT2D eigenvalue weighted by molar-refractivity contribution is 0.311. The Bertz CT molecular complexity index is 330. The standard InChI is InChI=1S/C9H11N3O/c1-11-7-2-3-9(8(10)6-7)12-4-5-13/h2-3,6,12-13H,4-5,10H2. The van der Waals surface area contributed by atoms with E-state index in [4.69, 9.17) is 17.4 Å². The molecule has 0 aliphatic rings. The average molecular weight is 177 g/mol. The number of benzene rings is 1. The molecule has 0 bridgehead atoms. The molecule has 0 amide bonds. The van der Waals surface area contributed by atoms with E-state index >= 15 is 0 Å². The number of nitrogens with one attached hydrogen (secondary N) is 1. The monoisotopic (exact) mass is 177 g/mol. The van der Waals surface area contributed by atoms with Gasteiger partial charge in [0.1, 0.15) is 0 Å². The first-order chi connectivity index (χ1) is 6.27. The maximum Gasteiger partial charge on any atom is 0.189 e. The minimum absolute atomic E-state index is 0.0595. The largest absolute Gasteiger partial charge is 0.398 e. The summed E-state index contributed by atoms with van der Waals surface area (Å²) >= 11 is 0. The number of rotatable bonds is 3. The number of nitrogen functional groups attached to an aromatic ring is 1. The van der Waals surface area contributed by atoms with E-state index < -0.39 is 0 Å². The predicted molar refractivity (Wildman–Crippen MR) is 52.7 cm³/mol. The van der Waals surface area contributed by atoms with Crippen LogP contribution in [0.15, 0.2) is 18.2 Å². The van der Waals surface area contributed by atoms with Crippen molar-refractivity contribution in [3.05, 3.63) is 29.6 Å². The Morgan fingerprint density at radius 3 is 2.85 bits per heavy atom. The number of nitrogens with two attached hydrogens (primary N) is 1. The van der Waals surface area contributed by atoms with Gasteiger partial charge in [-0.1, -0.05) is 6.07 Å². The van der Waals surface area contributed by atoms with Crippen molar-refractivity contribution in [1.82, 2.24) is 0 Å². The molecule has 0 aliphatic carbocycles. The highest BCUT2D eigenvalue weighted by Crippen LogP contribution is 2.24. The van der Waals surface area contributed by atoms with Crippen LogP contribution in [0.2, 0.25) is 0 Å². The molecule has 1 rings (SSSR count). The quantitative estimate of drug-likeness (QED) is 0.480. The Balaban J connectivity index is 2.81. The molecule has 0 atom stereocenters. The van der Waals surface area contributed by atoms with E-state index in [0.29, 0.717) is 17.9 Å². The highest BCUT2D eigenvalue weighted by Gasteiger charge is 1.98. The summed E-state index contributed by atoms with van der Waals surface area (Å²) in [4.78, 5) is 3.25. The summed E-state index contributed by atoms with van der Waals surface area (Å²) in [6, 6.07) is 5.02. The Morgan fingerprint density at radius 2 is 2.31 bits per heavy atom. The molecule has 1 aromatic rings. The molecular formula is C9H11N3O. The maximum absolute atomic E-state index is 8.57. The fourth-order valence-electron chi connectivity index (χ4n) is 0.971. The van der Waals surface area contributed by atoms with Crippen molar-refractivity contribution in [3.63, 3.8) is 0 Å². The topological polar surface area (TPSA) is 62.6 Å². The molecule has 0 aromatic heterocycles. The Morgan fingerprint density at radius 1 is 1.54 bits per heavy atom. The third-order valence-electron chi connectivity index (χ3n) is 1.59. The van der Waals surface area contributed by atoms with Gasteiger partial charge in [-0.15, -0.1) is 0 Å². The van der Waals surface area contributed by atoms with E-state index in [9.17, 15) is 0 Å². The van der Waals surface area contributed by atoms with Gasteiger partial charge in [0.25, 0.3) is 0 Å². The second kappa shape index (κ2) is 4.33. The fraction of sp³-hybridized carbons (Fsp3) is 0.222. The van der Waals surface area contributed by atoms with Crippen molar-refractivity contribution in [2.45, 2.75) is 0 Å². The lowest BCUT2D eigenvalue weighted by atomic mass is 10.2. The number of hydrogen-bond donors (Lipinski definition) is 3. The molecule has 13 heavy (non-hydrogen) atoms. The van der Waals surface area contributed by atoms with Crippen molar-refractivity contribution in [3.8, 4) is 0 Å². The number of aliphatic hydroxyl groups excluding tert-OH is 1. The molecular weight excluding hydrogens is 166 g/mol. The fourth-order valence-corrected chi connectivity index (χ4v) is 0.971. The van der Waals surface area contributed by atoms with Gasteiger partial charge in [0.2, 0.25) is 0 Å². The Hall–Kier alpha value is -1.73. The van der Waals surface area contributed by atoms with Gasteiger partial charge in [0.15, 0.2) is 5.69 Å². The van der Waals surface area contributed by atoms with Crippen LogP contribution in [-0.2, 0) is 0 Å². The van der Waals surface area contributed by atoms with E-state index in [-0.39, 0.29) is 6.61 Å². The van der Waals surface area contributed by atoms with Gasteiger partial charge in [0.05, 0.1) is 18.9 Å². The first-order valence-electron chi connectivity index (χ1n) is 3.89. The zero-order valence-electron chi connectivity index (χ0n) is 7.12. The van der Waals surface area contributed by atoms with Gasteiger partial charge in [-0.25, -0.2) is 4.85 Å². The van der Waals surface area contributed by atoms with Crippen LogP contribution in [0.1, 0.15) is 0 Å². The third kappa shape index (κ3) is 2.36. The van der Waals surface area contributed by atoms with E-state index in [2.05, 4.69) is 10.2 Å². The summed E-state index contributed by atoms with van der Waals surface area (Å²) < 4.78 is 0. The lowest BCUT2D eigenvalue weighted by Gasteiger charge is -2.07. The third-order valence-corrected chi connectivity index (χ3v) is 1.59. The van der Waals surface area contributed by atoms with Crippen LogP contribution >= 0.6 is 0 Å². The summed E-state index contributed by atoms with van der Waals surface area (Å²) in [5.41, 5.74) is 7.45. The van der Waals surface area contributed by atoms with E-state index in [1.807, 2.05) is 0 Å². The van der Waals surface area contributed by atoms with Crippen molar-refractivity contribution in [2.24, 2.45) is 0 Å². The van der Waals surface area contributed by atoms with Crippen LogP contribution in [0.4, 0.5) is 17.1 Å². The highest BCUT2D eigenvalue weighted by atomic mass is 16.3. The van der Waals surface area contributed by atoms with Gasteiger partial charge >= 0.3 is 0 Å². The molecule has 1 aromatic carbocycles. The molecule has 4 nitrogen and oxygen atoms in total. The SMILES string of the molecule is [C-]#[N+]c1ccc(NCCO)c(N)c1. The molecule has 0 fully saturated rings. The molecule has 68 valence electrons. The number of aliphatic hydroxyl groups is 1. The molecule has 4 N–H and O–H groups in total. The zero-order valence-corrected chi connectivity index (χ0v) is 7.12. The second-order valence-corrected chi connectivity index (χ2v) is 2.53. The summed E-state index contributed by atoms with van der Waals surface area (Å²) in [6.45, 7) is 7.28. The lowest BCUT2D eigenvalue weighted by Crippen LogP contribution is -2.07. The smallest absolute Gasteiger partial charge is 0.189 e. The molecule has 0 saturated carbocycles. The number of anilines is 2.